The van der Waals surface area contributed by atoms with Gasteiger partial charge in [0, 0.05) is 18.3 Å². The maximum absolute atomic E-state index is 5.92. The second kappa shape index (κ2) is 6.73. The lowest BCUT2D eigenvalue weighted by Gasteiger charge is -2.16. The minimum atomic E-state index is 0.252. The lowest BCUT2D eigenvalue weighted by molar-refractivity contribution is 0.511. The molecule has 0 radical (unpaired) electrons. The molecule has 2 aromatic rings. The monoisotopic (exact) mass is 277 g/mol. The van der Waals surface area contributed by atoms with Crippen molar-refractivity contribution in [1.29, 1.82) is 0 Å². The van der Waals surface area contributed by atoms with Gasteiger partial charge in [0.25, 0.3) is 0 Å². The van der Waals surface area contributed by atoms with Crippen LogP contribution >= 0.6 is 11.6 Å². The van der Waals surface area contributed by atoms with Gasteiger partial charge in [-0.25, -0.2) is 0 Å². The van der Waals surface area contributed by atoms with Gasteiger partial charge in [-0.3, -0.25) is 4.68 Å². The van der Waals surface area contributed by atoms with E-state index in [1.807, 2.05) is 30.1 Å². The van der Waals surface area contributed by atoms with Gasteiger partial charge in [0.15, 0.2) is 0 Å². The zero-order valence-corrected chi connectivity index (χ0v) is 12.2. The maximum atomic E-state index is 5.92. The van der Waals surface area contributed by atoms with Crippen LogP contribution in [0.15, 0.2) is 36.5 Å². The van der Waals surface area contributed by atoms with Gasteiger partial charge in [-0.1, -0.05) is 30.7 Å². The normalized spacial score (nSPS) is 12.6. The number of nitrogens with one attached hydrogen (secondary N) is 1. The Morgan fingerprint density at radius 2 is 2.00 bits per heavy atom. The highest BCUT2D eigenvalue weighted by atomic mass is 35.5. The van der Waals surface area contributed by atoms with Crippen molar-refractivity contribution in [3.8, 4) is 0 Å². The second-order valence-corrected chi connectivity index (χ2v) is 5.19. The molecule has 0 spiro atoms. The number of rotatable bonds is 6. The third-order valence-corrected chi connectivity index (χ3v) is 3.34. The number of halogens is 1. The molecule has 0 aliphatic carbocycles. The van der Waals surface area contributed by atoms with E-state index in [-0.39, 0.29) is 6.04 Å². The van der Waals surface area contributed by atoms with Crippen molar-refractivity contribution in [3.63, 3.8) is 0 Å². The predicted octanol–water partition coefficient (Wildman–Crippen LogP) is 3.36. The summed E-state index contributed by atoms with van der Waals surface area (Å²) in [5, 5.41) is 8.84. The molecule has 102 valence electrons. The van der Waals surface area contributed by atoms with Crippen molar-refractivity contribution in [2.24, 2.45) is 7.05 Å². The largest absolute Gasteiger partial charge is 0.308 e. The molecule has 0 bridgehead atoms. The molecule has 1 heterocycles. The molecule has 2 rings (SSSR count). The molecule has 0 amide bonds. The maximum Gasteiger partial charge on any atom is 0.0797 e. The van der Waals surface area contributed by atoms with Crippen LogP contribution in [0.25, 0.3) is 0 Å². The molecule has 0 fully saturated rings. The fourth-order valence-electron chi connectivity index (χ4n) is 2.07. The molecule has 1 unspecified atom stereocenters. The summed E-state index contributed by atoms with van der Waals surface area (Å²) in [4.78, 5) is 0. The van der Waals surface area contributed by atoms with Crippen LogP contribution < -0.4 is 5.32 Å². The number of hydrogen-bond donors (Lipinski definition) is 1. The average Bonchev–Trinajstić information content (AvgIpc) is 2.83. The molecule has 0 aliphatic heterocycles. The second-order valence-electron chi connectivity index (χ2n) is 4.75. The minimum absolute atomic E-state index is 0.252. The highest BCUT2D eigenvalue weighted by molar-refractivity contribution is 6.30. The first-order chi connectivity index (χ1) is 9.19. The van der Waals surface area contributed by atoms with Crippen molar-refractivity contribution < 1.29 is 0 Å². The van der Waals surface area contributed by atoms with Crippen LogP contribution in [0.1, 0.15) is 30.6 Å². The van der Waals surface area contributed by atoms with Gasteiger partial charge in [0.05, 0.1) is 11.7 Å². The van der Waals surface area contributed by atoms with E-state index in [4.69, 9.17) is 11.6 Å². The summed E-state index contributed by atoms with van der Waals surface area (Å²) in [6, 6.07) is 10.3. The Morgan fingerprint density at radius 3 is 2.58 bits per heavy atom. The van der Waals surface area contributed by atoms with E-state index >= 15 is 0 Å². The summed E-state index contributed by atoms with van der Waals surface area (Å²) in [5.41, 5.74) is 2.36. The molecule has 4 heteroatoms. The summed E-state index contributed by atoms with van der Waals surface area (Å²) in [6.45, 7) is 3.17. The highest BCUT2D eigenvalue weighted by Gasteiger charge is 2.14. The Kier molecular flexibility index (Phi) is 5.00. The molecule has 0 aliphatic rings. The Balaban J connectivity index is 2.11. The first-order valence-corrected chi connectivity index (χ1v) is 7.04. The topological polar surface area (TPSA) is 29.9 Å². The fraction of sp³-hybridized carbons (Fsp3) is 0.400. The molecular weight excluding hydrogens is 258 g/mol. The van der Waals surface area contributed by atoms with Crippen molar-refractivity contribution >= 4 is 11.6 Å². The number of nitrogens with zero attached hydrogens (tertiary/aromatic N) is 2. The lowest BCUT2D eigenvalue weighted by atomic mass is 10.0. The Bertz CT molecular complexity index is 504. The minimum Gasteiger partial charge on any atom is -0.308 e. The van der Waals surface area contributed by atoms with Crippen LogP contribution in [0.4, 0.5) is 0 Å². The van der Waals surface area contributed by atoms with Crippen LogP contribution in [0.2, 0.25) is 5.02 Å². The Morgan fingerprint density at radius 1 is 1.26 bits per heavy atom. The molecule has 1 N–H and O–H groups in total. The van der Waals surface area contributed by atoms with Gasteiger partial charge in [-0.15, -0.1) is 0 Å². The molecule has 3 nitrogen and oxygen atoms in total. The number of hydrogen-bond acceptors (Lipinski definition) is 2. The Hall–Kier alpha value is -1.32. The van der Waals surface area contributed by atoms with Crippen LogP contribution in [0, 0.1) is 0 Å². The summed E-state index contributed by atoms with van der Waals surface area (Å²) in [7, 11) is 1.95. The van der Waals surface area contributed by atoms with Crippen molar-refractivity contribution in [1.82, 2.24) is 15.1 Å². The zero-order valence-electron chi connectivity index (χ0n) is 11.4. The average molecular weight is 278 g/mol. The fourth-order valence-corrected chi connectivity index (χ4v) is 2.20. The van der Waals surface area contributed by atoms with E-state index in [0.717, 1.165) is 30.1 Å². The highest BCUT2D eigenvalue weighted by Crippen LogP contribution is 2.18. The number of aryl methyl sites for hydroxylation is 1. The van der Waals surface area contributed by atoms with Gasteiger partial charge >= 0.3 is 0 Å². The first-order valence-electron chi connectivity index (χ1n) is 6.66. The van der Waals surface area contributed by atoms with Gasteiger partial charge in [-0.2, -0.15) is 5.10 Å². The van der Waals surface area contributed by atoms with Crippen LogP contribution in [-0.4, -0.2) is 16.3 Å². The van der Waals surface area contributed by atoms with Gasteiger partial charge in [-0.05, 0) is 43.1 Å². The van der Waals surface area contributed by atoms with E-state index in [0.29, 0.717) is 0 Å². The zero-order chi connectivity index (χ0) is 13.7. The molecule has 1 aromatic carbocycles. The van der Waals surface area contributed by atoms with E-state index in [1.54, 1.807) is 0 Å². The smallest absolute Gasteiger partial charge is 0.0797 e. The van der Waals surface area contributed by atoms with Crippen molar-refractivity contribution in [2.75, 3.05) is 6.54 Å². The van der Waals surface area contributed by atoms with Gasteiger partial charge < -0.3 is 5.32 Å². The summed E-state index contributed by atoms with van der Waals surface area (Å²) >= 11 is 5.92. The van der Waals surface area contributed by atoms with Crippen molar-refractivity contribution in [2.45, 2.75) is 25.8 Å². The SMILES string of the molecule is CCCNC(Cc1ccc(Cl)cc1)c1ccn(C)n1. The molecule has 1 atom stereocenters. The summed E-state index contributed by atoms with van der Waals surface area (Å²) in [6.07, 6.45) is 4.02. The lowest BCUT2D eigenvalue weighted by Crippen LogP contribution is -2.24. The number of aromatic nitrogens is 2. The predicted molar refractivity (Wildman–Crippen MR) is 79.4 cm³/mol. The summed E-state index contributed by atoms with van der Waals surface area (Å²) < 4.78 is 1.85. The molecule has 19 heavy (non-hydrogen) atoms. The molecule has 0 saturated carbocycles. The third-order valence-electron chi connectivity index (χ3n) is 3.09. The molecule has 1 aromatic heterocycles. The van der Waals surface area contributed by atoms with E-state index in [1.165, 1.54) is 5.56 Å². The van der Waals surface area contributed by atoms with Crippen LogP contribution in [0.3, 0.4) is 0 Å². The van der Waals surface area contributed by atoms with Crippen molar-refractivity contribution in [3.05, 3.63) is 52.8 Å². The van der Waals surface area contributed by atoms with Crippen LogP contribution in [0.5, 0.6) is 0 Å². The first kappa shape index (κ1) is 14.1. The van der Waals surface area contributed by atoms with E-state index in [2.05, 4.69) is 35.5 Å². The van der Waals surface area contributed by atoms with E-state index in [9.17, 15) is 0 Å². The quantitative estimate of drug-likeness (QED) is 0.877. The van der Waals surface area contributed by atoms with Gasteiger partial charge in [0.2, 0.25) is 0 Å². The summed E-state index contributed by atoms with van der Waals surface area (Å²) in [5.74, 6) is 0. The van der Waals surface area contributed by atoms with Gasteiger partial charge in [0.1, 0.15) is 0 Å². The van der Waals surface area contributed by atoms with E-state index < -0.39 is 0 Å². The number of benzene rings is 1. The Labute approximate surface area is 119 Å². The molecular formula is C15H20ClN3. The third kappa shape index (κ3) is 4.08. The molecule has 0 saturated heterocycles. The van der Waals surface area contributed by atoms with Crippen LogP contribution in [-0.2, 0) is 13.5 Å². The standard InChI is InChI=1S/C15H20ClN3/c1-3-9-17-15(14-8-10-19(2)18-14)11-12-4-6-13(16)7-5-12/h4-8,10,15,17H,3,9,11H2,1-2H3.